The number of allylic oxidation sites excluding steroid dienone is 24. The van der Waals surface area contributed by atoms with E-state index >= 15 is 0 Å². The van der Waals surface area contributed by atoms with Crippen molar-refractivity contribution >= 4 is 17.9 Å². The number of unbranched alkanes of at least 4 members (excludes halogenated alkanes) is 13. The summed E-state index contributed by atoms with van der Waals surface area (Å²) in [7, 11) is 0. The van der Waals surface area contributed by atoms with E-state index in [1.807, 2.05) is 72.9 Å². The first-order valence-electron chi connectivity index (χ1n) is 25.4. The molecule has 0 aromatic carbocycles. The Balaban J connectivity index is 4.61. The molecule has 6 heteroatoms. The maximum atomic E-state index is 12.8. The van der Waals surface area contributed by atoms with Crippen LogP contribution >= 0.6 is 0 Å². The SMILES string of the molecule is CC\C=C/C=C\C=C/C=C\C=C\C=C/CCCCCC(=O)OC(COC(=O)CC/C=C\C/C=C\C/C=C\C/C=C\C/C=C\C/C=C\CC)COC(=O)CCCCCCCCCCCCC. The molecule has 0 aliphatic rings. The highest BCUT2D eigenvalue weighted by Crippen LogP contribution is 2.13. The summed E-state index contributed by atoms with van der Waals surface area (Å²) in [5.74, 6) is -1.07. The maximum Gasteiger partial charge on any atom is 0.306 e. The fourth-order valence-electron chi connectivity index (χ4n) is 6.26. The van der Waals surface area contributed by atoms with Crippen molar-refractivity contribution in [3.05, 3.63) is 146 Å². The molecule has 362 valence electrons. The van der Waals surface area contributed by atoms with E-state index in [0.717, 1.165) is 83.5 Å². The van der Waals surface area contributed by atoms with E-state index < -0.39 is 6.10 Å². The molecule has 0 heterocycles. The Morgan fingerprint density at radius 1 is 0.338 bits per heavy atom. The Bertz CT molecular complexity index is 1490. The fraction of sp³-hybridized carbons (Fsp3) is 0.542. The second kappa shape index (κ2) is 51.9. The van der Waals surface area contributed by atoms with E-state index in [-0.39, 0.29) is 44.0 Å². The summed E-state index contributed by atoms with van der Waals surface area (Å²) in [5.41, 5.74) is 0. The largest absolute Gasteiger partial charge is 0.462 e. The van der Waals surface area contributed by atoms with Gasteiger partial charge < -0.3 is 14.2 Å². The van der Waals surface area contributed by atoms with E-state index in [9.17, 15) is 14.4 Å². The molecular formula is C59H90O6. The number of hydrogen-bond acceptors (Lipinski definition) is 6. The summed E-state index contributed by atoms with van der Waals surface area (Å²) in [6, 6.07) is 0. The predicted molar refractivity (Wildman–Crippen MR) is 279 cm³/mol. The average Bonchev–Trinajstić information content (AvgIpc) is 3.30. The predicted octanol–water partition coefficient (Wildman–Crippen LogP) is 16.9. The highest BCUT2D eigenvalue weighted by molar-refractivity contribution is 5.71. The molecule has 0 bridgehead atoms. The van der Waals surface area contributed by atoms with Crippen molar-refractivity contribution in [1.29, 1.82) is 0 Å². The molecule has 0 spiro atoms. The van der Waals surface area contributed by atoms with Crippen LogP contribution in [0.4, 0.5) is 0 Å². The van der Waals surface area contributed by atoms with Crippen LogP contribution in [0.1, 0.15) is 188 Å². The van der Waals surface area contributed by atoms with Gasteiger partial charge in [-0.1, -0.05) is 237 Å². The molecule has 1 atom stereocenters. The standard InChI is InChI=1S/C59H90O6/c1-4-7-10-13-16-19-22-24-26-28-29-31-32-34-37-40-43-46-49-52-58(61)64-55-56(54-63-57(60)51-48-45-42-39-36-21-18-15-12-9-6-3)65-59(62)53-50-47-44-41-38-35-33-30-27-25-23-20-17-14-11-8-5-2/h7-8,10-11,14,16-17,19-20,23-27,29-31,33-35,37-38,43,46,56H,4-6,9,12-13,15,18,21-22,28,32,36,39-42,44-45,47-55H2,1-3H3/b10-7-,11-8-,17-14-,19-16-,23-20-,26-24-,27-25-,31-29-,33-30+,37-34-,38-35-,46-43-. The molecule has 0 saturated carbocycles. The number of carbonyl (C=O) groups is 3. The lowest BCUT2D eigenvalue weighted by atomic mass is 10.1. The number of ether oxygens (including phenoxy) is 3. The van der Waals surface area contributed by atoms with Crippen molar-refractivity contribution in [2.75, 3.05) is 13.2 Å². The van der Waals surface area contributed by atoms with Crippen molar-refractivity contribution in [2.24, 2.45) is 0 Å². The molecule has 0 aromatic rings. The zero-order valence-electron chi connectivity index (χ0n) is 41.2. The minimum absolute atomic E-state index is 0.124. The van der Waals surface area contributed by atoms with Crippen LogP contribution in [0.2, 0.25) is 0 Å². The van der Waals surface area contributed by atoms with E-state index in [4.69, 9.17) is 14.2 Å². The normalized spacial score (nSPS) is 13.3. The summed E-state index contributed by atoms with van der Waals surface area (Å²) >= 11 is 0. The second-order valence-electron chi connectivity index (χ2n) is 16.1. The molecule has 0 aromatic heterocycles. The molecule has 1 unspecified atom stereocenters. The van der Waals surface area contributed by atoms with Gasteiger partial charge in [0.1, 0.15) is 13.2 Å². The summed E-state index contributed by atoms with van der Waals surface area (Å²) in [6.07, 6.45) is 74.1. The van der Waals surface area contributed by atoms with Gasteiger partial charge in [-0.15, -0.1) is 0 Å². The molecule has 0 aliphatic heterocycles. The molecule has 0 aliphatic carbocycles. The number of esters is 3. The summed E-state index contributed by atoms with van der Waals surface area (Å²) < 4.78 is 16.7. The van der Waals surface area contributed by atoms with Crippen molar-refractivity contribution in [3.8, 4) is 0 Å². The smallest absolute Gasteiger partial charge is 0.306 e. The molecule has 6 nitrogen and oxygen atoms in total. The van der Waals surface area contributed by atoms with Gasteiger partial charge in [-0.25, -0.2) is 0 Å². The van der Waals surface area contributed by atoms with Crippen LogP contribution < -0.4 is 0 Å². The van der Waals surface area contributed by atoms with Crippen molar-refractivity contribution in [1.82, 2.24) is 0 Å². The van der Waals surface area contributed by atoms with Crippen LogP contribution in [0.15, 0.2) is 146 Å². The number of hydrogen-bond donors (Lipinski definition) is 0. The molecule has 65 heavy (non-hydrogen) atoms. The molecule has 0 saturated heterocycles. The van der Waals surface area contributed by atoms with Gasteiger partial charge in [0.2, 0.25) is 0 Å². The first kappa shape index (κ1) is 60.3. The lowest BCUT2D eigenvalue weighted by Gasteiger charge is -2.18. The van der Waals surface area contributed by atoms with Crippen LogP contribution in [-0.4, -0.2) is 37.2 Å². The lowest BCUT2D eigenvalue weighted by Crippen LogP contribution is -2.30. The van der Waals surface area contributed by atoms with Gasteiger partial charge in [-0.3, -0.25) is 14.4 Å². The van der Waals surface area contributed by atoms with E-state index in [0.29, 0.717) is 19.3 Å². The fourth-order valence-corrected chi connectivity index (χ4v) is 6.26. The van der Waals surface area contributed by atoms with Gasteiger partial charge >= 0.3 is 17.9 Å². The van der Waals surface area contributed by atoms with Crippen molar-refractivity contribution in [2.45, 2.75) is 194 Å². The second-order valence-corrected chi connectivity index (χ2v) is 16.1. The molecule has 0 fully saturated rings. The van der Waals surface area contributed by atoms with Gasteiger partial charge in [-0.05, 0) is 77.0 Å². The summed E-state index contributed by atoms with van der Waals surface area (Å²) in [5, 5.41) is 0. The first-order valence-corrected chi connectivity index (χ1v) is 25.4. The van der Waals surface area contributed by atoms with Gasteiger partial charge in [0.15, 0.2) is 6.10 Å². The Morgan fingerprint density at radius 3 is 1.18 bits per heavy atom. The van der Waals surface area contributed by atoms with Crippen LogP contribution in [0, 0.1) is 0 Å². The minimum atomic E-state index is -0.836. The van der Waals surface area contributed by atoms with Crippen LogP contribution in [0.5, 0.6) is 0 Å². The van der Waals surface area contributed by atoms with Gasteiger partial charge in [0, 0.05) is 19.3 Å². The highest BCUT2D eigenvalue weighted by Gasteiger charge is 2.19. The number of carbonyl (C=O) groups excluding carboxylic acids is 3. The highest BCUT2D eigenvalue weighted by atomic mass is 16.6. The third-order valence-corrected chi connectivity index (χ3v) is 10.0. The van der Waals surface area contributed by atoms with Crippen LogP contribution in [0.25, 0.3) is 0 Å². The molecular weight excluding hydrogens is 805 g/mol. The van der Waals surface area contributed by atoms with E-state index in [1.165, 1.54) is 51.4 Å². The molecule has 0 N–H and O–H groups in total. The third kappa shape index (κ3) is 50.2. The van der Waals surface area contributed by atoms with Gasteiger partial charge in [0.25, 0.3) is 0 Å². The Kier molecular flexibility index (Phi) is 48.2. The van der Waals surface area contributed by atoms with Gasteiger partial charge in [0.05, 0.1) is 0 Å². The molecule has 0 amide bonds. The van der Waals surface area contributed by atoms with Gasteiger partial charge in [-0.2, -0.15) is 0 Å². The maximum absolute atomic E-state index is 12.8. The zero-order valence-corrected chi connectivity index (χ0v) is 41.2. The summed E-state index contributed by atoms with van der Waals surface area (Å²) in [4.78, 5) is 37.9. The van der Waals surface area contributed by atoms with Crippen LogP contribution in [-0.2, 0) is 28.6 Å². The zero-order chi connectivity index (χ0) is 47.2. The van der Waals surface area contributed by atoms with E-state index in [2.05, 4.69) is 93.7 Å². The number of rotatable bonds is 43. The van der Waals surface area contributed by atoms with Crippen LogP contribution in [0.3, 0.4) is 0 Å². The first-order chi connectivity index (χ1) is 32.0. The average molecular weight is 895 g/mol. The van der Waals surface area contributed by atoms with Crippen molar-refractivity contribution < 1.29 is 28.6 Å². The van der Waals surface area contributed by atoms with E-state index in [1.54, 1.807) is 0 Å². The summed E-state index contributed by atoms with van der Waals surface area (Å²) in [6.45, 7) is 6.24. The topological polar surface area (TPSA) is 78.9 Å². The Labute approximate surface area is 397 Å². The Hall–Kier alpha value is -4.71. The monoisotopic (exact) mass is 895 g/mol. The quantitative estimate of drug-likeness (QED) is 0.0199. The Morgan fingerprint density at radius 2 is 0.708 bits per heavy atom. The molecule has 0 radical (unpaired) electrons. The minimum Gasteiger partial charge on any atom is -0.462 e. The van der Waals surface area contributed by atoms with Crippen molar-refractivity contribution in [3.63, 3.8) is 0 Å². The third-order valence-electron chi connectivity index (χ3n) is 10.0. The molecule has 0 rings (SSSR count). The lowest BCUT2D eigenvalue weighted by molar-refractivity contribution is -0.166.